The SMILES string of the molecule is C[C@H]1OCCn2nc(COC(=O)Oc3ccc([N+](=O)[O-])cc3)cc21. The minimum Gasteiger partial charge on any atom is -0.427 e. The predicted molar refractivity (Wildman–Crippen MR) is 80.5 cm³/mol. The van der Waals surface area contributed by atoms with Gasteiger partial charge in [-0.05, 0) is 25.1 Å². The monoisotopic (exact) mass is 333 g/mol. The molecule has 1 aromatic carbocycles. The second-order valence-electron chi connectivity index (χ2n) is 5.19. The van der Waals surface area contributed by atoms with Gasteiger partial charge in [0.05, 0.1) is 29.9 Å². The van der Waals surface area contributed by atoms with Gasteiger partial charge >= 0.3 is 6.16 Å². The van der Waals surface area contributed by atoms with Crippen LogP contribution in [-0.4, -0.2) is 27.5 Å². The number of rotatable bonds is 4. The molecule has 9 nitrogen and oxygen atoms in total. The van der Waals surface area contributed by atoms with Gasteiger partial charge in [-0.1, -0.05) is 0 Å². The summed E-state index contributed by atoms with van der Waals surface area (Å²) in [6.45, 7) is 3.16. The fourth-order valence-corrected chi connectivity index (χ4v) is 2.36. The number of hydrogen-bond acceptors (Lipinski definition) is 7. The number of carbonyl (C=O) groups is 1. The normalized spacial score (nSPS) is 16.3. The summed E-state index contributed by atoms with van der Waals surface area (Å²) >= 11 is 0. The Morgan fingerprint density at radius 3 is 2.88 bits per heavy atom. The van der Waals surface area contributed by atoms with Gasteiger partial charge in [-0.3, -0.25) is 14.8 Å². The standard InChI is InChI=1S/C15H15N3O6/c1-10-14-8-11(16-17(14)6-7-22-10)9-23-15(19)24-13-4-2-12(3-5-13)18(20)21/h2-5,8,10H,6-7,9H2,1H3/t10-/m1/s1. The van der Waals surface area contributed by atoms with Crippen LogP contribution in [0.4, 0.5) is 10.5 Å². The van der Waals surface area contributed by atoms with Crippen molar-refractivity contribution in [2.24, 2.45) is 0 Å². The zero-order valence-electron chi connectivity index (χ0n) is 12.9. The van der Waals surface area contributed by atoms with Gasteiger partial charge < -0.3 is 14.2 Å². The molecule has 0 aliphatic carbocycles. The van der Waals surface area contributed by atoms with Crippen molar-refractivity contribution >= 4 is 11.8 Å². The molecular weight excluding hydrogens is 318 g/mol. The van der Waals surface area contributed by atoms with Gasteiger partial charge in [-0.25, -0.2) is 4.79 Å². The van der Waals surface area contributed by atoms with E-state index in [1.807, 2.05) is 17.7 Å². The first-order valence-corrected chi connectivity index (χ1v) is 7.30. The summed E-state index contributed by atoms with van der Waals surface area (Å²) in [6.07, 6.45) is -0.953. The van der Waals surface area contributed by atoms with Crippen molar-refractivity contribution in [3.05, 3.63) is 51.8 Å². The summed E-state index contributed by atoms with van der Waals surface area (Å²) in [5.74, 6) is 0.164. The molecule has 1 aliphatic rings. The molecule has 9 heteroatoms. The smallest absolute Gasteiger partial charge is 0.427 e. The lowest BCUT2D eigenvalue weighted by Crippen LogP contribution is -2.20. The van der Waals surface area contributed by atoms with Crippen LogP contribution in [0, 0.1) is 10.1 Å². The second kappa shape index (κ2) is 6.67. The zero-order valence-corrected chi connectivity index (χ0v) is 12.9. The van der Waals surface area contributed by atoms with Crippen LogP contribution < -0.4 is 4.74 Å². The van der Waals surface area contributed by atoms with Crippen molar-refractivity contribution in [2.45, 2.75) is 26.2 Å². The molecule has 0 spiro atoms. The van der Waals surface area contributed by atoms with Crippen LogP contribution >= 0.6 is 0 Å². The molecule has 0 radical (unpaired) electrons. The molecule has 1 atom stereocenters. The van der Waals surface area contributed by atoms with Gasteiger partial charge in [0.2, 0.25) is 0 Å². The van der Waals surface area contributed by atoms with E-state index >= 15 is 0 Å². The first-order valence-electron chi connectivity index (χ1n) is 7.30. The molecule has 1 aromatic heterocycles. The van der Waals surface area contributed by atoms with E-state index < -0.39 is 11.1 Å². The average molecular weight is 333 g/mol. The number of nitro benzene ring substituents is 1. The highest BCUT2D eigenvalue weighted by Gasteiger charge is 2.20. The molecule has 1 aliphatic heterocycles. The summed E-state index contributed by atoms with van der Waals surface area (Å²) in [6, 6.07) is 6.96. The molecule has 0 amide bonds. The third-order valence-electron chi connectivity index (χ3n) is 3.54. The number of benzene rings is 1. The van der Waals surface area contributed by atoms with Crippen LogP contribution in [0.3, 0.4) is 0 Å². The molecule has 2 heterocycles. The second-order valence-corrected chi connectivity index (χ2v) is 5.19. The first-order chi connectivity index (χ1) is 11.5. The molecule has 0 bridgehead atoms. The first kappa shape index (κ1) is 15.9. The minimum absolute atomic E-state index is 0.0292. The molecule has 0 fully saturated rings. The maximum absolute atomic E-state index is 11.7. The summed E-state index contributed by atoms with van der Waals surface area (Å²) < 4.78 is 17.3. The largest absolute Gasteiger partial charge is 0.514 e. The molecule has 0 unspecified atom stereocenters. The molecule has 126 valence electrons. The lowest BCUT2D eigenvalue weighted by molar-refractivity contribution is -0.384. The molecule has 2 aromatic rings. The number of fused-ring (bicyclic) bond motifs is 1. The lowest BCUT2D eigenvalue weighted by atomic mass is 10.2. The number of ether oxygens (including phenoxy) is 3. The summed E-state index contributed by atoms with van der Waals surface area (Å²) in [4.78, 5) is 21.7. The average Bonchev–Trinajstić information content (AvgIpc) is 2.98. The highest BCUT2D eigenvalue weighted by Crippen LogP contribution is 2.22. The molecular formula is C15H15N3O6. The molecule has 0 saturated heterocycles. The van der Waals surface area contributed by atoms with Crippen molar-refractivity contribution in [3.8, 4) is 5.75 Å². The highest BCUT2D eigenvalue weighted by molar-refractivity contribution is 5.64. The number of nitrogens with zero attached hydrogens (tertiary/aromatic N) is 3. The van der Waals surface area contributed by atoms with Gasteiger partial charge in [-0.15, -0.1) is 0 Å². The number of non-ortho nitro benzene ring substituents is 1. The van der Waals surface area contributed by atoms with Gasteiger partial charge in [0, 0.05) is 12.1 Å². The van der Waals surface area contributed by atoms with E-state index in [9.17, 15) is 14.9 Å². The zero-order chi connectivity index (χ0) is 17.1. The van der Waals surface area contributed by atoms with Crippen molar-refractivity contribution in [2.75, 3.05) is 6.61 Å². The van der Waals surface area contributed by atoms with E-state index in [1.165, 1.54) is 24.3 Å². The van der Waals surface area contributed by atoms with Crippen molar-refractivity contribution in [1.29, 1.82) is 0 Å². The number of aromatic nitrogens is 2. The maximum atomic E-state index is 11.7. The molecule has 24 heavy (non-hydrogen) atoms. The molecule has 0 N–H and O–H groups in total. The Balaban J connectivity index is 1.55. The van der Waals surface area contributed by atoms with Gasteiger partial charge in [0.15, 0.2) is 0 Å². The van der Waals surface area contributed by atoms with Crippen molar-refractivity contribution < 1.29 is 23.9 Å². The molecule has 0 saturated carbocycles. The number of hydrogen-bond donors (Lipinski definition) is 0. The van der Waals surface area contributed by atoms with E-state index in [4.69, 9.17) is 14.2 Å². The number of carbonyl (C=O) groups excluding carboxylic acids is 1. The Kier molecular flexibility index (Phi) is 4.43. The fourth-order valence-electron chi connectivity index (χ4n) is 2.36. The van der Waals surface area contributed by atoms with Crippen LogP contribution in [-0.2, 0) is 22.6 Å². The third-order valence-corrected chi connectivity index (χ3v) is 3.54. The minimum atomic E-state index is -0.904. The Morgan fingerprint density at radius 1 is 1.46 bits per heavy atom. The topological polar surface area (TPSA) is 106 Å². The van der Waals surface area contributed by atoms with Crippen LogP contribution in [0.15, 0.2) is 30.3 Å². The molecule has 3 rings (SSSR count). The maximum Gasteiger partial charge on any atom is 0.514 e. The van der Waals surface area contributed by atoms with Crippen LogP contribution in [0.1, 0.15) is 24.4 Å². The van der Waals surface area contributed by atoms with Crippen LogP contribution in [0.5, 0.6) is 5.75 Å². The van der Waals surface area contributed by atoms with Crippen LogP contribution in [0.25, 0.3) is 0 Å². The van der Waals surface area contributed by atoms with E-state index in [1.54, 1.807) is 0 Å². The van der Waals surface area contributed by atoms with E-state index in [0.717, 1.165) is 5.69 Å². The van der Waals surface area contributed by atoms with Crippen LogP contribution in [0.2, 0.25) is 0 Å². The van der Waals surface area contributed by atoms with Crippen molar-refractivity contribution in [1.82, 2.24) is 9.78 Å². The van der Waals surface area contributed by atoms with Gasteiger partial charge in [0.1, 0.15) is 18.1 Å². The Bertz CT molecular complexity index is 755. The summed E-state index contributed by atoms with van der Waals surface area (Å²) in [7, 11) is 0. The lowest BCUT2D eigenvalue weighted by Gasteiger charge is -2.20. The van der Waals surface area contributed by atoms with E-state index in [0.29, 0.717) is 18.8 Å². The van der Waals surface area contributed by atoms with Gasteiger partial charge in [-0.2, -0.15) is 5.10 Å². The summed E-state index contributed by atoms with van der Waals surface area (Å²) in [5.41, 5.74) is 1.45. The third kappa shape index (κ3) is 3.51. The predicted octanol–water partition coefficient (Wildman–Crippen LogP) is 2.60. The van der Waals surface area contributed by atoms with Crippen molar-refractivity contribution in [3.63, 3.8) is 0 Å². The Hall–Kier alpha value is -2.94. The van der Waals surface area contributed by atoms with E-state index in [2.05, 4.69) is 5.10 Å². The number of nitro groups is 1. The highest BCUT2D eigenvalue weighted by atomic mass is 16.7. The Labute approximate surface area is 136 Å². The summed E-state index contributed by atoms with van der Waals surface area (Å²) in [5, 5.41) is 14.9. The van der Waals surface area contributed by atoms with Gasteiger partial charge in [0.25, 0.3) is 5.69 Å². The Morgan fingerprint density at radius 2 is 2.21 bits per heavy atom. The quantitative estimate of drug-likeness (QED) is 0.366. The van der Waals surface area contributed by atoms with E-state index in [-0.39, 0.29) is 24.1 Å². The fraction of sp³-hybridized carbons (Fsp3) is 0.333.